The Balaban J connectivity index is 3.07. The summed E-state index contributed by atoms with van der Waals surface area (Å²) in [6, 6.07) is 0. The summed E-state index contributed by atoms with van der Waals surface area (Å²) in [6.07, 6.45) is 0.788. The monoisotopic (exact) mass is 136 g/mol. The molecule has 0 saturated carbocycles. The van der Waals surface area contributed by atoms with Crippen LogP contribution in [-0.2, 0) is 0 Å². The van der Waals surface area contributed by atoms with Crippen LogP contribution in [0.5, 0.6) is 0 Å². The minimum atomic E-state index is 0.0347. The summed E-state index contributed by atoms with van der Waals surface area (Å²) in [7, 11) is 0. The highest BCUT2D eigenvalue weighted by Crippen LogP contribution is 2.00. The summed E-state index contributed by atoms with van der Waals surface area (Å²) in [6.45, 7) is 0.133. The number of aliphatic hydroxyl groups excluding tert-OH is 2. The van der Waals surface area contributed by atoms with E-state index in [1.54, 1.807) is 0 Å². The Morgan fingerprint density at radius 1 is 1.25 bits per heavy atom. The zero-order chi connectivity index (χ0) is 6.41. The molecule has 0 aliphatic carbocycles. The Labute approximate surface area is 54.9 Å². The summed E-state index contributed by atoms with van der Waals surface area (Å²) in [5.74, 6) is 0.763. The molecule has 0 spiro atoms. The molecule has 0 heterocycles. The molecule has 2 N–H and O–H groups in total. The maximum absolute atomic E-state index is 8.46. The fraction of sp³-hybridized carbons (Fsp3) is 1.00. The molecule has 50 valence electrons. The van der Waals surface area contributed by atoms with Crippen LogP contribution in [-0.4, -0.2) is 29.2 Å². The first-order valence-corrected chi connectivity index (χ1v) is 3.31. The second-order valence-electron chi connectivity index (χ2n) is 1.74. The number of rotatable bonds is 4. The van der Waals surface area contributed by atoms with Crippen LogP contribution in [0.1, 0.15) is 6.42 Å². The average molecular weight is 136 g/mol. The standard InChI is InChI=1S/C5H12O2S/c6-3-5(4-7)1-2-8/h5-8H,1-4H2. The lowest BCUT2D eigenvalue weighted by atomic mass is 10.1. The van der Waals surface area contributed by atoms with Crippen molar-refractivity contribution in [3.05, 3.63) is 0 Å². The fourth-order valence-electron chi connectivity index (χ4n) is 0.423. The molecule has 0 atom stereocenters. The van der Waals surface area contributed by atoms with Gasteiger partial charge in [0.05, 0.1) is 0 Å². The van der Waals surface area contributed by atoms with Crippen molar-refractivity contribution < 1.29 is 10.2 Å². The zero-order valence-electron chi connectivity index (χ0n) is 4.75. The molecule has 8 heavy (non-hydrogen) atoms. The molecule has 0 aromatic heterocycles. The van der Waals surface area contributed by atoms with Crippen LogP contribution >= 0.6 is 12.6 Å². The molecule has 0 fully saturated rings. The highest BCUT2D eigenvalue weighted by molar-refractivity contribution is 7.80. The molecule has 0 saturated heterocycles. The molecule has 0 unspecified atom stereocenters. The van der Waals surface area contributed by atoms with Crippen LogP contribution in [0.4, 0.5) is 0 Å². The molecule has 3 heteroatoms. The Morgan fingerprint density at radius 2 is 1.75 bits per heavy atom. The van der Waals surface area contributed by atoms with E-state index in [4.69, 9.17) is 10.2 Å². The Hall–Kier alpha value is 0.270. The first-order chi connectivity index (χ1) is 3.85. The average Bonchev–Trinajstić information content (AvgIpc) is 1.83. The Kier molecular flexibility index (Phi) is 5.59. The van der Waals surface area contributed by atoms with E-state index >= 15 is 0 Å². The molecule has 0 radical (unpaired) electrons. The van der Waals surface area contributed by atoms with Gasteiger partial charge in [-0.1, -0.05) is 0 Å². The molecule has 0 amide bonds. The summed E-state index contributed by atoms with van der Waals surface area (Å²) < 4.78 is 0. The lowest BCUT2D eigenvalue weighted by Crippen LogP contribution is -2.10. The van der Waals surface area contributed by atoms with Crippen molar-refractivity contribution in [3.8, 4) is 0 Å². The normalized spacial score (nSPS) is 10.5. The predicted octanol–water partition coefficient (Wildman–Crippen LogP) is -0.0929. The van der Waals surface area contributed by atoms with Crippen molar-refractivity contribution in [1.29, 1.82) is 0 Å². The van der Waals surface area contributed by atoms with Crippen LogP contribution in [0.3, 0.4) is 0 Å². The maximum atomic E-state index is 8.46. The van der Waals surface area contributed by atoms with Gasteiger partial charge in [0, 0.05) is 19.1 Å². The van der Waals surface area contributed by atoms with Gasteiger partial charge in [-0.2, -0.15) is 12.6 Å². The SMILES string of the molecule is OCC(CO)CCS. The van der Waals surface area contributed by atoms with Gasteiger partial charge in [-0.05, 0) is 12.2 Å². The second-order valence-corrected chi connectivity index (χ2v) is 2.19. The molecule has 0 aromatic carbocycles. The molecular weight excluding hydrogens is 124 g/mol. The van der Waals surface area contributed by atoms with E-state index in [2.05, 4.69) is 12.6 Å². The molecule has 0 aromatic rings. The number of thiol groups is 1. The quantitative estimate of drug-likeness (QED) is 0.473. The van der Waals surface area contributed by atoms with Crippen LogP contribution in [0, 0.1) is 5.92 Å². The van der Waals surface area contributed by atoms with Gasteiger partial charge in [-0.15, -0.1) is 0 Å². The van der Waals surface area contributed by atoms with Gasteiger partial charge < -0.3 is 10.2 Å². The third kappa shape index (κ3) is 3.29. The minimum absolute atomic E-state index is 0.0347. The molecule has 2 nitrogen and oxygen atoms in total. The fourth-order valence-corrected chi connectivity index (χ4v) is 0.788. The maximum Gasteiger partial charge on any atom is 0.0481 e. The third-order valence-electron chi connectivity index (χ3n) is 1.05. The van der Waals surface area contributed by atoms with Crippen molar-refractivity contribution in [2.45, 2.75) is 6.42 Å². The van der Waals surface area contributed by atoms with Gasteiger partial charge in [0.2, 0.25) is 0 Å². The van der Waals surface area contributed by atoms with E-state index in [9.17, 15) is 0 Å². The van der Waals surface area contributed by atoms with Crippen LogP contribution < -0.4 is 0 Å². The number of hydrogen-bond acceptors (Lipinski definition) is 3. The van der Waals surface area contributed by atoms with E-state index < -0.39 is 0 Å². The molecular formula is C5H12O2S. The predicted molar refractivity (Wildman–Crippen MR) is 36.1 cm³/mol. The Bertz CT molecular complexity index is 45.7. The van der Waals surface area contributed by atoms with Gasteiger partial charge in [-0.3, -0.25) is 0 Å². The van der Waals surface area contributed by atoms with Crippen LogP contribution in [0.15, 0.2) is 0 Å². The van der Waals surface area contributed by atoms with E-state index in [1.807, 2.05) is 0 Å². The van der Waals surface area contributed by atoms with Crippen molar-refractivity contribution in [3.63, 3.8) is 0 Å². The van der Waals surface area contributed by atoms with E-state index in [1.165, 1.54) is 0 Å². The van der Waals surface area contributed by atoms with Crippen molar-refractivity contribution in [2.75, 3.05) is 19.0 Å². The third-order valence-corrected chi connectivity index (χ3v) is 1.31. The smallest absolute Gasteiger partial charge is 0.0481 e. The number of aliphatic hydroxyl groups is 2. The topological polar surface area (TPSA) is 40.5 Å². The highest BCUT2D eigenvalue weighted by atomic mass is 32.1. The van der Waals surface area contributed by atoms with E-state index in [0.717, 1.165) is 12.2 Å². The summed E-state index contributed by atoms with van der Waals surface area (Å²) in [5, 5.41) is 16.9. The van der Waals surface area contributed by atoms with Crippen molar-refractivity contribution >= 4 is 12.6 Å². The van der Waals surface area contributed by atoms with Gasteiger partial charge >= 0.3 is 0 Å². The lowest BCUT2D eigenvalue weighted by molar-refractivity contribution is 0.148. The second kappa shape index (κ2) is 5.41. The van der Waals surface area contributed by atoms with Gasteiger partial charge in [-0.25, -0.2) is 0 Å². The summed E-state index contributed by atoms with van der Waals surface area (Å²) in [5.41, 5.74) is 0. The summed E-state index contributed by atoms with van der Waals surface area (Å²) >= 11 is 3.95. The van der Waals surface area contributed by atoms with Gasteiger partial charge in [0.15, 0.2) is 0 Å². The van der Waals surface area contributed by atoms with Crippen LogP contribution in [0.2, 0.25) is 0 Å². The minimum Gasteiger partial charge on any atom is -0.396 e. The van der Waals surface area contributed by atoms with Crippen LogP contribution in [0.25, 0.3) is 0 Å². The number of hydrogen-bond donors (Lipinski definition) is 3. The van der Waals surface area contributed by atoms with Crippen molar-refractivity contribution in [2.24, 2.45) is 5.92 Å². The zero-order valence-corrected chi connectivity index (χ0v) is 5.64. The largest absolute Gasteiger partial charge is 0.396 e. The molecule has 0 aliphatic heterocycles. The van der Waals surface area contributed by atoms with Crippen molar-refractivity contribution in [1.82, 2.24) is 0 Å². The lowest BCUT2D eigenvalue weighted by Gasteiger charge is -2.06. The highest BCUT2D eigenvalue weighted by Gasteiger charge is 2.01. The van der Waals surface area contributed by atoms with Gasteiger partial charge in [0.1, 0.15) is 0 Å². The molecule has 0 rings (SSSR count). The van der Waals surface area contributed by atoms with E-state index in [0.29, 0.717) is 0 Å². The first-order valence-electron chi connectivity index (χ1n) is 2.67. The summed E-state index contributed by atoms with van der Waals surface area (Å²) in [4.78, 5) is 0. The molecule has 0 bridgehead atoms. The molecule has 0 aliphatic rings. The van der Waals surface area contributed by atoms with Gasteiger partial charge in [0.25, 0.3) is 0 Å². The van der Waals surface area contributed by atoms with E-state index in [-0.39, 0.29) is 19.1 Å². The first kappa shape index (κ1) is 8.27. The Morgan fingerprint density at radius 3 is 1.88 bits per heavy atom.